The number of nitrogens with zero attached hydrogens (tertiary/aromatic N) is 1. The van der Waals surface area contributed by atoms with Gasteiger partial charge in [0.2, 0.25) is 11.7 Å². The molecule has 8 rings (SSSR count). The number of aliphatic hydroxyl groups is 2. The number of esters is 2. The molecule has 2 aromatic carbocycles. The largest absolute Gasteiger partial charge is 0.461 e. The maximum atomic E-state index is 13.7. The van der Waals surface area contributed by atoms with Gasteiger partial charge in [0.05, 0.1) is 23.9 Å². The molecule has 304 valence electrons. The van der Waals surface area contributed by atoms with E-state index in [1.807, 2.05) is 49.4 Å². The number of carbonyl (C=O) groups is 5. The molecule has 1 amide bonds. The summed E-state index contributed by atoms with van der Waals surface area (Å²) in [6.07, 6.45) is 11.0. The van der Waals surface area contributed by atoms with Crippen molar-refractivity contribution in [3.63, 3.8) is 0 Å². The van der Waals surface area contributed by atoms with Gasteiger partial charge in [0.1, 0.15) is 12.2 Å². The number of rotatable bonds is 12. The minimum atomic E-state index is -1.78. The molecule has 3 aromatic rings. The number of carbonyl (C=O) groups excluding carboxylic acids is 5. The summed E-state index contributed by atoms with van der Waals surface area (Å²) in [5.41, 5.74) is 5.89. The maximum absolute atomic E-state index is 13.7. The molecule has 3 unspecified atom stereocenters. The number of hydrogen-bond donors (Lipinski definition) is 4. The van der Waals surface area contributed by atoms with Crippen LogP contribution >= 0.6 is 0 Å². The van der Waals surface area contributed by atoms with E-state index in [9.17, 15) is 34.2 Å². The van der Waals surface area contributed by atoms with Crippen LogP contribution in [0.3, 0.4) is 0 Å². The smallest absolute Gasteiger partial charge is 0.310 e. The number of hydrogen-bond acceptors (Lipinski definition) is 11. The van der Waals surface area contributed by atoms with Crippen molar-refractivity contribution in [1.29, 1.82) is 0 Å². The van der Waals surface area contributed by atoms with Crippen LogP contribution in [0.15, 0.2) is 84.7 Å². The van der Waals surface area contributed by atoms with Crippen molar-refractivity contribution in [2.45, 2.75) is 83.0 Å². The third-order valence-corrected chi connectivity index (χ3v) is 14.3. The lowest BCUT2D eigenvalue weighted by Crippen LogP contribution is -2.61. The van der Waals surface area contributed by atoms with Crippen LogP contribution in [0, 0.1) is 40.4 Å². The fraction of sp³-hybridized carbons (Fsp3) is 0.478. The van der Waals surface area contributed by atoms with Crippen molar-refractivity contribution < 1.29 is 43.7 Å². The van der Waals surface area contributed by atoms with E-state index in [1.54, 1.807) is 36.7 Å². The number of Topliss-reactive ketones (excluding diaryl/α,β-unsaturated/α-hetero) is 1. The third-order valence-electron chi connectivity index (χ3n) is 14.3. The quantitative estimate of drug-likeness (QED) is 0.178. The fourth-order valence-corrected chi connectivity index (χ4v) is 11.0. The van der Waals surface area contributed by atoms with Crippen LogP contribution in [0.1, 0.15) is 75.8 Å². The molecule has 4 saturated carbocycles. The maximum Gasteiger partial charge on any atom is 0.310 e. The van der Waals surface area contributed by atoms with Crippen molar-refractivity contribution in [2.24, 2.45) is 46.2 Å². The Labute approximate surface area is 337 Å². The van der Waals surface area contributed by atoms with Crippen molar-refractivity contribution in [1.82, 2.24) is 4.98 Å². The Morgan fingerprint density at radius 2 is 1.76 bits per heavy atom. The summed E-state index contributed by atoms with van der Waals surface area (Å²) in [4.78, 5) is 69.2. The number of fused-ring (bicyclic) bond motifs is 6. The molecule has 12 nitrogen and oxygen atoms in total. The molecule has 5 N–H and O–H groups in total. The summed E-state index contributed by atoms with van der Waals surface area (Å²) in [5.74, 6) is -4.08. The molecular weight excluding hydrogens is 739 g/mol. The van der Waals surface area contributed by atoms with E-state index in [2.05, 4.69) is 17.2 Å². The van der Waals surface area contributed by atoms with Crippen LogP contribution in [0.4, 0.5) is 5.69 Å². The van der Waals surface area contributed by atoms with E-state index in [0.29, 0.717) is 30.6 Å². The lowest BCUT2D eigenvalue weighted by molar-refractivity contribution is -0.181. The molecule has 10 atom stereocenters. The second kappa shape index (κ2) is 15.3. The predicted octanol–water partition coefficient (Wildman–Crippen LogP) is 5.11. The van der Waals surface area contributed by atoms with Gasteiger partial charge < -0.3 is 30.7 Å². The molecule has 0 radical (unpaired) electrons. The fourth-order valence-electron chi connectivity index (χ4n) is 11.0. The number of nitrogens with one attached hydrogen (secondary N) is 1. The zero-order valence-corrected chi connectivity index (χ0v) is 32.9. The highest BCUT2D eigenvalue weighted by molar-refractivity contribution is 6.01. The molecule has 58 heavy (non-hydrogen) atoms. The highest BCUT2D eigenvalue weighted by Gasteiger charge is 2.68. The van der Waals surface area contributed by atoms with Crippen molar-refractivity contribution >= 4 is 45.9 Å². The number of ether oxygens (including phenoxy) is 2. The van der Waals surface area contributed by atoms with Gasteiger partial charge in [-0.15, -0.1) is 0 Å². The highest BCUT2D eigenvalue weighted by atomic mass is 16.5. The summed E-state index contributed by atoms with van der Waals surface area (Å²) >= 11 is 0. The van der Waals surface area contributed by atoms with E-state index < -0.39 is 64.6 Å². The van der Waals surface area contributed by atoms with Gasteiger partial charge in [-0.1, -0.05) is 55.8 Å². The zero-order chi connectivity index (χ0) is 41.0. The van der Waals surface area contributed by atoms with Gasteiger partial charge in [0, 0.05) is 40.2 Å². The Balaban J connectivity index is 0.819. The van der Waals surface area contributed by atoms with Crippen LogP contribution in [-0.4, -0.2) is 69.5 Å². The molecule has 4 fully saturated rings. The van der Waals surface area contributed by atoms with Crippen LogP contribution in [0.2, 0.25) is 0 Å². The van der Waals surface area contributed by atoms with Crippen molar-refractivity contribution in [3.05, 3.63) is 95.9 Å². The average Bonchev–Trinajstić information content (AvgIpc) is 3.97. The Hall–Kier alpha value is -5.04. The van der Waals surface area contributed by atoms with Crippen LogP contribution in [0.25, 0.3) is 10.8 Å². The first-order valence-electron chi connectivity index (χ1n) is 20.4. The number of aliphatic hydroxyl groups excluding tert-OH is 1. The first kappa shape index (κ1) is 39.8. The topological polar surface area (TPSA) is 195 Å². The van der Waals surface area contributed by atoms with Gasteiger partial charge in [0.25, 0.3) is 0 Å². The zero-order valence-electron chi connectivity index (χ0n) is 32.9. The summed E-state index contributed by atoms with van der Waals surface area (Å²) in [7, 11) is 0. The molecule has 0 aliphatic heterocycles. The van der Waals surface area contributed by atoms with Gasteiger partial charge in [-0.2, -0.15) is 0 Å². The van der Waals surface area contributed by atoms with Crippen molar-refractivity contribution in [2.75, 3.05) is 18.5 Å². The van der Waals surface area contributed by atoms with Gasteiger partial charge in [-0.3, -0.25) is 29.0 Å². The predicted molar refractivity (Wildman–Crippen MR) is 214 cm³/mol. The van der Waals surface area contributed by atoms with E-state index in [0.717, 1.165) is 34.8 Å². The number of pyridine rings is 1. The second-order valence-corrected chi connectivity index (χ2v) is 17.5. The molecule has 12 heteroatoms. The van der Waals surface area contributed by atoms with Gasteiger partial charge >= 0.3 is 11.9 Å². The molecular formula is C46H51N3O9. The minimum absolute atomic E-state index is 0.0266. The normalized spacial score (nSPS) is 32.6. The number of nitrogens with two attached hydrogens (primary N) is 1. The molecule has 5 aliphatic carbocycles. The number of ketones is 2. The average molecular weight is 790 g/mol. The molecule has 0 saturated heterocycles. The summed E-state index contributed by atoms with van der Waals surface area (Å²) in [6, 6.07) is 14.7. The number of allylic oxidation sites excluding steroid dienone is 4. The summed E-state index contributed by atoms with van der Waals surface area (Å²) in [5, 5.41) is 28.6. The molecule has 1 aromatic heterocycles. The molecule has 5 aliphatic rings. The first-order valence-corrected chi connectivity index (χ1v) is 20.4. The van der Waals surface area contributed by atoms with E-state index in [-0.39, 0.29) is 55.3 Å². The van der Waals surface area contributed by atoms with Gasteiger partial charge in [-0.25, -0.2) is 0 Å². The third kappa shape index (κ3) is 6.98. The minimum Gasteiger partial charge on any atom is -0.461 e. The number of benzene rings is 2. The Bertz CT molecular complexity index is 2220. The monoisotopic (exact) mass is 789 g/mol. The number of amides is 1. The Morgan fingerprint density at radius 3 is 2.52 bits per heavy atom. The molecule has 1 heterocycles. The van der Waals surface area contributed by atoms with E-state index in [4.69, 9.17) is 15.2 Å². The van der Waals surface area contributed by atoms with Crippen LogP contribution in [-0.2, 0) is 40.1 Å². The van der Waals surface area contributed by atoms with E-state index >= 15 is 0 Å². The molecule has 0 bridgehead atoms. The lowest BCUT2D eigenvalue weighted by atomic mass is 9.46. The van der Waals surface area contributed by atoms with Gasteiger partial charge in [0.15, 0.2) is 12.4 Å². The second-order valence-electron chi connectivity index (χ2n) is 17.5. The highest BCUT2D eigenvalue weighted by Crippen LogP contribution is 2.67. The van der Waals surface area contributed by atoms with Crippen LogP contribution in [0.5, 0.6) is 0 Å². The molecule has 0 spiro atoms. The van der Waals surface area contributed by atoms with Crippen LogP contribution < -0.4 is 11.1 Å². The first-order chi connectivity index (χ1) is 27.8. The SMILES string of the molecule is C[C@]12C=CC(=O)C=C1CC[C@@H]1[C@@H]2[C@@H](O)C[C@@]2(C)[C@H]1CC[C@]2(O)C(=O)COC(=O)C1CC1C(=O)OCc1ccc(C(CCN)C(=O)Nc2ccc3cnccc3c2)cc1. The van der Waals surface area contributed by atoms with E-state index in [1.165, 1.54) is 0 Å². The Morgan fingerprint density at radius 1 is 1.00 bits per heavy atom. The van der Waals surface area contributed by atoms with Gasteiger partial charge in [-0.05, 0) is 110 Å². The number of aromatic nitrogens is 1. The number of anilines is 1. The standard InChI is InChI=1S/C46H51N3O9/c1-44-15-11-32(50)20-30(44)8-10-34-37-12-16-46(56,45(37,2)22-38(51)40(34)44)39(52)25-58-43(55)36-21-35(36)42(54)57-24-26-3-5-27(6-4-26)33(13-17-47)41(53)49-31-9-7-29-23-48-18-14-28(29)19-31/h3-7,9,11,14-15,18-20,23,33-38,40,51,56H,8,10,12-13,16-17,21-22,24-25,47H2,1-2H3,(H,49,53)/t33?,34-,35?,36?,37-,38-,40+,44-,45-,46-/m0/s1. The summed E-state index contributed by atoms with van der Waals surface area (Å²) < 4.78 is 11.0. The van der Waals surface area contributed by atoms with Crippen molar-refractivity contribution in [3.8, 4) is 0 Å². The Kier molecular flexibility index (Phi) is 10.5. The summed E-state index contributed by atoms with van der Waals surface area (Å²) in [6.45, 7) is 3.61. The lowest BCUT2D eigenvalue weighted by Gasteiger charge is -2.59.